The van der Waals surface area contributed by atoms with Crippen molar-refractivity contribution in [3.05, 3.63) is 0 Å². The van der Waals surface area contributed by atoms with Gasteiger partial charge in [-0.1, -0.05) is 19.0 Å². The van der Waals surface area contributed by atoms with Gasteiger partial charge in [-0.25, -0.2) is 0 Å². The fourth-order valence-corrected chi connectivity index (χ4v) is 2.56. The summed E-state index contributed by atoms with van der Waals surface area (Å²) < 4.78 is 0. The smallest absolute Gasteiger partial charge is 0.139 e. The van der Waals surface area contributed by atoms with Gasteiger partial charge in [0, 0.05) is 12.5 Å². The van der Waals surface area contributed by atoms with Gasteiger partial charge < -0.3 is 15.8 Å². The zero-order valence-corrected chi connectivity index (χ0v) is 10.5. The van der Waals surface area contributed by atoms with E-state index < -0.39 is 0 Å². The molecule has 1 saturated heterocycles. The van der Waals surface area contributed by atoms with Crippen LogP contribution in [0.2, 0.25) is 0 Å². The molecule has 1 unspecified atom stereocenters. The Morgan fingerprint density at radius 1 is 1.50 bits per heavy atom. The van der Waals surface area contributed by atoms with Gasteiger partial charge in [0.15, 0.2) is 0 Å². The second-order valence-corrected chi connectivity index (χ2v) is 5.04. The van der Waals surface area contributed by atoms with E-state index in [4.69, 9.17) is 10.9 Å². The van der Waals surface area contributed by atoms with Gasteiger partial charge in [-0.3, -0.25) is 0 Å². The first-order chi connectivity index (χ1) is 7.65. The summed E-state index contributed by atoms with van der Waals surface area (Å²) in [7, 11) is 0. The van der Waals surface area contributed by atoms with Crippen molar-refractivity contribution in [3.8, 4) is 0 Å². The first-order valence-corrected chi connectivity index (χ1v) is 6.35. The number of nitrogens with zero attached hydrogens (tertiary/aromatic N) is 2. The van der Waals surface area contributed by atoms with E-state index in [1.807, 2.05) is 0 Å². The van der Waals surface area contributed by atoms with Crippen molar-refractivity contribution in [3.63, 3.8) is 0 Å². The van der Waals surface area contributed by atoms with E-state index >= 15 is 0 Å². The largest absolute Gasteiger partial charge is 0.409 e. The molecular weight excluding hydrogens is 202 g/mol. The Kier molecular flexibility index (Phi) is 5.60. The number of nitrogens with two attached hydrogens (primary N) is 1. The summed E-state index contributed by atoms with van der Waals surface area (Å²) in [5.41, 5.74) is 5.43. The summed E-state index contributed by atoms with van der Waals surface area (Å²) in [5.74, 6) is 1.11. The van der Waals surface area contributed by atoms with Crippen LogP contribution in [-0.4, -0.2) is 35.1 Å². The molecule has 1 heterocycles. The SMILES string of the molecule is CC(C)C1CCCN1CCCCC(N)=NO. The molecule has 0 aromatic rings. The van der Waals surface area contributed by atoms with Crippen LogP contribution in [0, 0.1) is 5.92 Å². The lowest BCUT2D eigenvalue weighted by molar-refractivity contribution is 0.203. The monoisotopic (exact) mass is 227 g/mol. The number of hydrogen-bond donors (Lipinski definition) is 2. The minimum atomic E-state index is 0.349. The average Bonchev–Trinajstić information content (AvgIpc) is 2.72. The van der Waals surface area contributed by atoms with Crippen molar-refractivity contribution in [2.45, 2.75) is 52.0 Å². The highest BCUT2D eigenvalue weighted by atomic mass is 16.4. The van der Waals surface area contributed by atoms with Crippen LogP contribution in [0.1, 0.15) is 46.0 Å². The molecule has 94 valence electrons. The predicted molar refractivity (Wildman–Crippen MR) is 66.7 cm³/mol. The average molecular weight is 227 g/mol. The molecular formula is C12H25N3O. The molecule has 3 N–H and O–H groups in total. The zero-order valence-electron chi connectivity index (χ0n) is 10.5. The standard InChI is InChI=1S/C12H25N3O/c1-10(2)11-6-5-9-15(11)8-4-3-7-12(13)14-16/h10-11,16H,3-9H2,1-2H3,(H2,13,14). The molecule has 0 radical (unpaired) electrons. The first-order valence-electron chi connectivity index (χ1n) is 6.35. The maximum atomic E-state index is 8.41. The van der Waals surface area contributed by atoms with Crippen molar-refractivity contribution >= 4 is 5.84 Å². The molecule has 0 saturated carbocycles. The Morgan fingerprint density at radius 2 is 2.25 bits per heavy atom. The molecule has 0 aliphatic carbocycles. The second kappa shape index (κ2) is 6.74. The normalized spacial score (nSPS) is 23.2. The van der Waals surface area contributed by atoms with Crippen LogP contribution in [-0.2, 0) is 0 Å². The summed E-state index contributed by atoms with van der Waals surface area (Å²) in [4.78, 5) is 2.59. The Balaban J connectivity index is 2.17. The maximum absolute atomic E-state index is 8.41. The minimum Gasteiger partial charge on any atom is -0.409 e. The highest BCUT2D eigenvalue weighted by molar-refractivity contribution is 5.79. The number of rotatable bonds is 6. The molecule has 0 spiro atoms. The van der Waals surface area contributed by atoms with E-state index in [0.717, 1.165) is 31.3 Å². The van der Waals surface area contributed by atoms with Crippen LogP contribution in [0.5, 0.6) is 0 Å². The van der Waals surface area contributed by atoms with Gasteiger partial charge in [-0.2, -0.15) is 0 Å². The lowest BCUT2D eigenvalue weighted by Gasteiger charge is -2.27. The van der Waals surface area contributed by atoms with Crippen molar-refractivity contribution in [1.82, 2.24) is 4.90 Å². The first kappa shape index (κ1) is 13.3. The van der Waals surface area contributed by atoms with Gasteiger partial charge in [-0.15, -0.1) is 0 Å². The molecule has 1 atom stereocenters. The Hall–Kier alpha value is -0.770. The van der Waals surface area contributed by atoms with Gasteiger partial charge in [0.1, 0.15) is 5.84 Å². The minimum absolute atomic E-state index is 0.349. The fraction of sp³-hybridized carbons (Fsp3) is 0.917. The number of oxime groups is 1. The lowest BCUT2D eigenvalue weighted by Crippen LogP contribution is -2.34. The summed E-state index contributed by atoms with van der Waals surface area (Å²) in [6, 6.07) is 0.767. The van der Waals surface area contributed by atoms with Gasteiger partial charge in [0.2, 0.25) is 0 Å². The van der Waals surface area contributed by atoms with Crippen LogP contribution in [0.15, 0.2) is 5.16 Å². The van der Waals surface area contributed by atoms with Crippen molar-refractivity contribution in [2.24, 2.45) is 16.8 Å². The van der Waals surface area contributed by atoms with Crippen LogP contribution < -0.4 is 5.73 Å². The molecule has 4 heteroatoms. The quantitative estimate of drug-likeness (QED) is 0.240. The van der Waals surface area contributed by atoms with Gasteiger partial charge in [0.25, 0.3) is 0 Å². The predicted octanol–water partition coefficient (Wildman–Crippen LogP) is 2.02. The molecule has 1 aliphatic rings. The lowest BCUT2D eigenvalue weighted by atomic mass is 10.0. The third-order valence-electron chi connectivity index (χ3n) is 3.44. The molecule has 0 amide bonds. The zero-order chi connectivity index (χ0) is 12.0. The van der Waals surface area contributed by atoms with E-state index in [0.29, 0.717) is 12.3 Å². The highest BCUT2D eigenvalue weighted by Crippen LogP contribution is 2.23. The molecule has 1 rings (SSSR count). The third-order valence-corrected chi connectivity index (χ3v) is 3.44. The highest BCUT2D eigenvalue weighted by Gasteiger charge is 2.25. The molecule has 0 aromatic carbocycles. The van der Waals surface area contributed by atoms with E-state index in [9.17, 15) is 0 Å². The molecule has 0 aromatic heterocycles. The summed E-state index contributed by atoms with van der Waals surface area (Å²) in [6.07, 6.45) is 5.54. The van der Waals surface area contributed by atoms with Crippen LogP contribution >= 0.6 is 0 Å². The van der Waals surface area contributed by atoms with E-state index in [-0.39, 0.29) is 0 Å². The summed E-state index contributed by atoms with van der Waals surface area (Å²) in [5, 5.41) is 11.4. The second-order valence-electron chi connectivity index (χ2n) is 5.04. The van der Waals surface area contributed by atoms with E-state index in [2.05, 4.69) is 23.9 Å². The van der Waals surface area contributed by atoms with Crippen molar-refractivity contribution in [2.75, 3.05) is 13.1 Å². The Morgan fingerprint density at radius 3 is 2.88 bits per heavy atom. The van der Waals surface area contributed by atoms with Crippen LogP contribution in [0.4, 0.5) is 0 Å². The third kappa shape index (κ3) is 4.00. The van der Waals surface area contributed by atoms with E-state index in [1.54, 1.807) is 0 Å². The Labute approximate surface area is 98.5 Å². The van der Waals surface area contributed by atoms with Crippen LogP contribution in [0.25, 0.3) is 0 Å². The molecule has 1 fully saturated rings. The number of hydrogen-bond acceptors (Lipinski definition) is 3. The van der Waals surface area contributed by atoms with Crippen LogP contribution in [0.3, 0.4) is 0 Å². The number of unbranched alkanes of at least 4 members (excludes halogenated alkanes) is 1. The molecule has 0 bridgehead atoms. The topological polar surface area (TPSA) is 61.8 Å². The van der Waals surface area contributed by atoms with Crippen molar-refractivity contribution < 1.29 is 5.21 Å². The number of amidine groups is 1. The molecule has 16 heavy (non-hydrogen) atoms. The fourth-order valence-electron chi connectivity index (χ4n) is 2.56. The summed E-state index contributed by atoms with van der Waals surface area (Å²) >= 11 is 0. The number of likely N-dealkylation sites (tertiary alicyclic amines) is 1. The van der Waals surface area contributed by atoms with Crippen molar-refractivity contribution in [1.29, 1.82) is 0 Å². The van der Waals surface area contributed by atoms with E-state index in [1.165, 1.54) is 19.4 Å². The van der Waals surface area contributed by atoms with Gasteiger partial charge in [-0.05, 0) is 44.7 Å². The van der Waals surface area contributed by atoms with Gasteiger partial charge >= 0.3 is 0 Å². The summed E-state index contributed by atoms with van der Waals surface area (Å²) in [6.45, 7) is 7.01. The molecule has 1 aliphatic heterocycles. The molecule has 4 nitrogen and oxygen atoms in total. The Bertz CT molecular complexity index is 228. The van der Waals surface area contributed by atoms with Gasteiger partial charge in [0.05, 0.1) is 0 Å². The maximum Gasteiger partial charge on any atom is 0.139 e.